The van der Waals surface area contributed by atoms with Crippen molar-refractivity contribution in [1.82, 2.24) is 20.0 Å². The minimum absolute atomic E-state index is 0.0751. The summed E-state index contributed by atoms with van der Waals surface area (Å²) in [6.07, 6.45) is 4.22. The van der Waals surface area contributed by atoms with Crippen LogP contribution in [0.1, 0.15) is 39.0 Å². The summed E-state index contributed by atoms with van der Waals surface area (Å²) in [5, 5.41) is 3.00. The number of likely N-dealkylation sites (N-methyl/N-ethyl adjacent to an activating group) is 1. The van der Waals surface area contributed by atoms with Gasteiger partial charge in [-0.15, -0.1) is 0 Å². The van der Waals surface area contributed by atoms with Gasteiger partial charge in [0, 0.05) is 39.3 Å². The molecular formula is C24H35FN4O3. The van der Waals surface area contributed by atoms with Gasteiger partial charge in [0.1, 0.15) is 18.1 Å². The molecule has 0 radical (unpaired) electrons. The molecule has 3 fully saturated rings. The molecule has 1 unspecified atom stereocenters. The van der Waals surface area contributed by atoms with E-state index in [0.29, 0.717) is 12.3 Å². The normalized spacial score (nSPS) is 23.8. The molecular weight excluding hydrogens is 411 g/mol. The number of ether oxygens (including phenoxy) is 1. The standard InChI is InChI=1S/C24H35FN4O3/c1-2-27-14-16-28(17-15-27)13-12-26-21(30)18-29-23(31)22(24(29)10-4-3-5-11-24)32-20-8-6-19(25)7-9-20/h6-9,22H,2-5,10-18H2,1H3,(H,26,30). The van der Waals surface area contributed by atoms with Gasteiger partial charge in [-0.3, -0.25) is 14.5 Å². The van der Waals surface area contributed by atoms with Crippen LogP contribution in [0.15, 0.2) is 24.3 Å². The van der Waals surface area contributed by atoms with E-state index in [4.69, 9.17) is 4.74 Å². The topological polar surface area (TPSA) is 65.1 Å². The predicted octanol–water partition coefficient (Wildman–Crippen LogP) is 1.87. The maximum Gasteiger partial charge on any atom is 0.267 e. The predicted molar refractivity (Wildman–Crippen MR) is 120 cm³/mol. The van der Waals surface area contributed by atoms with Crippen molar-refractivity contribution in [2.75, 3.05) is 52.4 Å². The second-order valence-corrected chi connectivity index (χ2v) is 9.17. The fourth-order valence-corrected chi connectivity index (χ4v) is 5.29. The summed E-state index contributed by atoms with van der Waals surface area (Å²) < 4.78 is 19.2. The Bertz CT molecular complexity index is 789. The average molecular weight is 447 g/mol. The molecule has 8 heteroatoms. The third-order valence-electron chi connectivity index (χ3n) is 7.27. The number of hydrogen-bond donors (Lipinski definition) is 1. The van der Waals surface area contributed by atoms with Gasteiger partial charge in [0.15, 0.2) is 6.10 Å². The van der Waals surface area contributed by atoms with Gasteiger partial charge >= 0.3 is 0 Å². The molecule has 0 aromatic heterocycles. The van der Waals surface area contributed by atoms with Gasteiger partial charge in [-0.25, -0.2) is 4.39 Å². The number of halogens is 1. The van der Waals surface area contributed by atoms with Crippen LogP contribution in [0.4, 0.5) is 4.39 Å². The van der Waals surface area contributed by atoms with E-state index < -0.39 is 11.6 Å². The number of nitrogens with one attached hydrogen (secondary N) is 1. The molecule has 176 valence electrons. The van der Waals surface area contributed by atoms with Crippen LogP contribution in [0.3, 0.4) is 0 Å². The van der Waals surface area contributed by atoms with E-state index in [2.05, 4.69) is 22.0 Å². The van der Waals surface area contributed by atoms with Crippen LogP contribution < -0.4 is 10.1 Å². The monoisotopic (exact) mass is 446 g/mol. The SMILES string of the molecule is CCN1CCN(CCNC(=O)CN2C(=O)C(Oc3ccc(F)cc3)C23CCCCC3)CC1. The highest BCUT2D eigenvalue weighted by atomic mass is 19.1. The molecule has 7 nitrogen and oxygen atoms in total. The molecule has 1 atom stereocenters. The number of benzene rings is 1. The molecule has 1 saturated carbocycles. The first kappa shape index (κ1) is 23.0. The summed E-state index contributed by atoms with van der Waals surface area (Å²) in [7, 11) is 0. The maximum absolute atomic E-state index is 13.2. The molecule has 32 heavy (non-hydrogen) atoms. The Labute approximate surface area is 189 Å². The highest BCUT2D eigenvalue weighted by Crippen LogP contribution is 2.45. The molecule has 4 rings (SSSR count). The Balaban J connectivity index is 1.29. The second-order valence-electron chi connectivity index (χ2n) is 9.17. The minimum atomic E-state index is -0.601. The summed E-state index contributed by atoms with van der Waals surface area (Å²) in [6.45, 7) is 8.97. The Kier molecular flexibility index (Phi) is 7.30. The number of β-lactam (4-membered cyclic amide) rings is 1. The van der Waals surface area contributed by atoms with Gasteiger partial charge in [0.25, 0.3) is 5.91 Å². The highest BCUT2D eigenvalue weighted by molar-refractivity contribution is 5.94. The summed E-state index contributed by atoms with van der Waals surface area (Å²) in [5.41, 5.74) is -0.433. The van der Waals surface area contributed by atoms with Crippen molar-refractivity contribution in [3.05, 3.63) is 30.1 Å². The lowest BCUT2D eigenvalue weighted by molar-refractivity contribution is -0.187. The first-order valence-corrected chi connectivity index (χ1v) is 12.0. The lowest BCUT2D eigenvalue weighted by Gasteiger charge is -2.58. The number of carbonyl (C=O) groups is 2. The van der Waals surface area contributed by atoms with Crippen LogP contribution >= 0.6 is 0 Å². The lowest BCUT2D eigenvalue weighted by Crippen LogP contribution is -2.77. The van der Waals surface area contributed by atoms with E-state index in [1.165, 1.54) is 12.1 Å². The van der Waals surface area contributed by atoms with Crippen LogP contribution in [0.5, 0.6) is 5.75 Å². The Morgan fingerprint density at radius 1 is 1.09 bits per heavy atom. The van der Waals surface area contributed by atoms with E-state index in [9.17, 15) is 14.0 Å². The van der Waals surface area contributed by atoms with Crippen molar-refractivity contribution in [3.63, 3.8) is 0 Å². The maximum atomic E-state index is 13.2. The van der Waals surface area contributed by atoms with Crippen LogP contribution in [0.2, 0.25) is 0 Å². The summed E-state index contributed by atoms with van der Waals surface area (Å²) in [5.74, 6) is -0.116. The van der Waals surface area contributed by atoms with Gasteiger partial charge in [-0.05, 0) is 43.7 Å². The fourth-order valence-electron chi connectivity index (χ4n) is 5.29. The summed E-state index contributed by atoms with van der Waals surface area (Å²) >= 11 is 0. The van der Waals surface area contributed by atoms with E-state index >= 15 is 0 Å². The molecule has 1 aromatic carbocycles. The molecule has 1 N–H and O–H groups in total. The van der Waals surface area contributed by atoms with Crippen molar-refractivity contribution < 1.29 is 18.7 Å². The van der Waals surface area contributed by atoms with Crippen LogP contribution in [0, 0.1) is 5.82 Å². The molecule has 0 bridgehead atoms. The van der Waals surface area contributed by atoms with Gasteiger partial charge in [-0.1, -0.05) is 26.2 Å². The lowest BCUT2D eigenvalue weighted by atomic mass is 9.70. The molecule has 2 amide bonds. The Hall–Kier alpha value is -2.19. The smallest absolute Gasteiger partial charge is 0.267 e. The zero-order valence-corrected chi connectivity index (χ0v) is 19.0. The van der Waals surface area contributed by atoms with Crippen molar-refractivity contribution in [1.29, 1.82) is 0 Å². The third-order valence-corrected chi connectivity index (χ3v) is 7.27. The number of piperazine rings is 1. The molecule has 2 saturated heterocycles. The number of carbonyl (C=O) groups excluding carboxylic acids is 2. The first-order valence-electron chi connectivity index (χ1n) is 12.0. The summed E-state index contributed by atoms with van der Waals surface area (Å²) in [4.78, 5) is 32.1. The zero-order valence-electron chi connectivity index (χ0n) is 19.0. The quantitative estimate of drug-likeness (QED) is 0.618. The van der Waals surface area contributed by atoms with E-state index in [0.717, 1.165) is 71.4 Å². The van der Waals surface area contributed by atoms with Crippen LogP contribution in [-0.4, -0.2) is 90.5 Å². The number of amides is 2. The van der Waals surface area contributed by atoms with Gasteiger partial charge in [-0.2, -0.15) is 0 Å². The Morgan fingerprint density at radius 2 is 1.75 bits per heavy atom. The number of likely N-dealkylation sites (tertiary alicyclic amines) is 1. The van der Waals surface area contributed by atoms with Crippen molar-refractivity contribution in [2.24, 2.45) is 0 Å². The molecule has 2 heterocycles. The summed E-state index contributed by atoms with van der Waals surface area (Å²) in [6, 6.07) is 5.77. The molecule has 1 aromatic rings. The molecule has 1 spiro atoms. The van der Waals surface area contributed by atoms with E-state index in [1.54, 1.807) is 17.0 Å². The minimum Gasteiger partial charge on any atom is -0.478 e. The van der Waals surface area contributed by atoms with Crippen LogP contribution in [0.25, 0.3) is 0 Å². The highest BCUT2D eigenvalue weighted by Gasteiger charge is 2.62. The largest absolute Gasteiger partial charge is 0.478 e. The fraction of sp³-hybridized carbons (Fsp3) is 0.667. The third kappa shape index (κ3) is 4.91. The molecule has 3 aliphatic rings. The number of rotatable bonds is 8. The van der Waals surface area contributed by atoms with E-state index in [1.807, 2.05) is 0 Å². The molecule has 2 aliphatic heterocycles. The number of nitrogens with zero attached hydrogens (tertiary/aromatic N) is 3. The van der Waals surface area contributed by atoms with Crippen molar-refractivity contribution in [2.45, 2.75) is 50.7 Å². The number of hydrogen-bond acceptors (Lipinski definition) is 5. The second kappa shape index (κ2) is 10.2. The van der Waals surface area contributed by atoms with Gasteiger partial charge in [0.05, 0.1) is 5.54 Å². The van der Waals surface area contributed by atoms with Crippen LogP contribution in [-0.2, 0) is 9.59 Å². The van der Waals surface area contributed by atoms with Gasteiger partial charge < -0.3 is 19.9 Å². The first-order chi connectivity index (χ1) is 15.5. The molecule has 1 aliphatic carbocycles. The Morgan fingerprint density at radius 3 is 2.41 bits per heavy atom. The average Bonchev–Trinajstić information content (AvgIpc) is 2.83. The van der Waals surface area contributed by atoms with Crippen molar-refractivity contribution >= 4 is 11.8 Å². The van der Waals surface area contributed by atoms with Crippen molar-refractivity contribution in [3.8, 4) is 5.75 Å². The van der Waals surface area contributed by atoms with Gasteiger partial charge in [0.2, 0.25) is 5.91 Å². The van der Waals surface area contributed by atoms with E-state index in [-0.39, 0.29) is 24.2 Å². The zero-order chi connectivity index (χ0) is 22.6.